The van der Waals surface area contributed by atoms with E-state index in [2.05, 4.69) is 5.32 Å². The van der Waals surface area contributed by atoms with Crippen LogP contribution in [0.3, 0.4) is 0 Å². The monoisotopic (exact) mass is 378 g/mol. The van der Waals surface area contributed by atoms with E-state index in [4.69, 9.17) is 15.2 Å². The van der Waals surface area contributed by atoms with E-state index in [1.54, 1.807) is 20.8 Å². The largest absolute Gasteiger partial charge is 0.486 e. The summed E-state index contributed by atoms with van der Waals surface area (Å²) < 4.78 is 48.2. The summed E-state index contributed by atoms with van der Waals surface area (Å²) >= 11 is 0. The molecule has 26 heavy (non-hydrogen) atoms. The first-order chi connectivity index (χ1) is 11.7. The van der Waals surface area contributed by atoms with Crippen molar-refractivity contribution in [2.75, 3.05) is 5.73 Å². The first-order valence-electron chi connectivity index (χ1n) is 7.56. The first kappa shape index (κ1) is 21.4. The predicted octanol–water partition coefficient (Wildman–Crippen LogP) is 3.03. The van der Waals surface area contributed by atoms with E-state index in [9.17, 15) is 27.9 Å². The highest BCUT2D eigenvalue weighted by Gasteiger charge is 2.33. The van der Waals surface area contributed by atoms with Gasteiger partial charge < -0.3 is 25.6 Å². The molecule has 0 heterocycles. The van der Waals surface area contributed by atoms with Crippen LogP contribution in [0.15, 0.2) is 18.2 Å². The van der Waals surface area contributed by atoms with Crippen LogP contribution in [0.2, 0.25) is 0 Å². The van der Waals surface area contributed by atoms with Gasteiger partial charge in [0.05, 0.1) is 11.3 Å². The number of alkyl carbamates (subject to hydrolysis) is 1. The van der Waals surface area contributed by atoms with Gasteiger partial charge in [-0.1, -0.05) is 0 Å². The normalized spacial score (nSPS) is 14.3. The zero-order valence-electron chi connectivity index (χ0n) is 14.7. The van der Waals surface area contributed by atoms with Crippen molar-refractivity contribution < 1.29 is 37.3 Å². The summed E-state index contributed by atoms with van der Waals surface area (Å²) in [5, 5.41) is 11.4. The highest BCUT2D eigenvalue weighted by Crippen LogP contribution is 2.34. The number of rotatable bonds is 5. The molecule has 0 unspecified atom stereocenters. The number of hydrogen-bond acceptors (Lipinski definition) is 5. The SMILES string of the molecule is C[C@@H](Oc1ccc(C(F)(F)F)cc1N)[C@H](NC(=O)OC(C)(C)C)C(=O)O. The number of carboxylic acid groups (broad SMARTS) is 1. The standard InChI is InChI=1S/C16H21F3N2O5/c1-8(12(13(22)23)21-14(24)26-15(2,3)4)25-11-6-5-9(7-10(11)20)16(17,18)19/h5-8,12H,20H2,1-4H3,(H,21,24)(H,22,23)/t8-,12+/m1/s1. The van der Waals surface area contributed by atoms with Crippen molar-refractivity contribution >= 4 is 17.7 Å². The molecule has 0 spiro atoms. The number of nitrogen functional groups attached to an aromatic ring is 1. The van der Waals surface area contributed by atoms with Gasteiger partial charge in [-0.3, -0.25) is 0 Å². The zero-order chi connectivity index (χ0) is 20.3. The number of aliphatic carboxylic acids is 1. The lowest BCUT2D eigenvalue weighted by Crippen LogP contribution is -2.51. The Labute approximate surface area is 148 Å². The summed E-state index contributed by atoms with van der Waals surface area (Å²) in [5.74, 6) is -1.54. The van der Waals surface area contributed by atoms with E-state index in [1.165, 1.54) is 6.92 Å². The number of alkyl halides is 3. The van der Waals surface area contributed by atoms with Gasteiger partial charge in [0.25, 0.3) is 0 Å². The number of halogens is 3. The highest BCUT2D eigenvalue weighted by atomic mass is 19.4. The van der Waals surface area contributed by atoms with Crippen LogP contribution >= 0.6 is 0 Å². The predicted molar refractivity (Wildman–Crippen MR) is 86.7 cm³/mol. The van der Waals surface area contributed by atoms with Gasteiger partial charge in [0.1, 0.15) is 17.5 Å². The number of nitrogens with two attached hydrogens (primary N) is 1. The van der Waals surface area contributed by atoms with Crippen LogP contribution in [-0.4, -0.2) is 34.9 Å². The Morgan fingerprint density at radius 1 is 1.23 bits per heavy atom. The fraction of sp³-hybridized carbons (Fsp3) is 0.500. The maximum atomic E-state index is 12.6. The average molecular weight is 378 g/mol. The Morgan fingerprint density at radius 3 is 2.23 bits per heavy atom. The molecule has 1 rings (SSSR count). The minimum Gasteiger partial charge on any atom is -0.486 e. The second kappa shape index (κ2) is 7.71. The molecule has 0 saturated carbocycles. The van der Waals surface area contributed by atoms with Gasteiger partial charge in [0.2, 0.25) is 0 Å². The Morgan fingerprint density at radius 2 is 1.81 bits per heavy atom. The second-order valence-corrected chi connectivity index (χ2v) is 6.54. The maximum absolute atomic E-state index is 12.6. The summed E-state index contributed by atoms with van der Waals surface area (Å²) in [7, 11) is 0. The number of carbonyl (C=O) groups excluding carboxylic acids is 1. The summed E-state index contributed by atoms with van der Waals surface area (Å²) in [4.78, 5) is 23.1. The van der Waals surface area contributed by atoms with Crippen molar-refractivity contribution in [2.45, 2.75) is 51.6 Å². The number of hydrogen-bond donors (Lipinski definition) is 3. The van der Waals surface area contributed by atoms with Crippen LogP contribution in [0.5, 0.6) is 5.75 Å². The zero-order valence-corrected chi connectivity index (χ0v) is 14.7. The minimum absolute atomic E-state index is 0.136. The van der Waals surface area contributed by atoms with Gasteiger partial charge in [-0.25, -0.2) is 9.59 Å². The summed E-state index contributed by atoms with van der Waals surface area (Å²) in [6, 6.07) is 0.918. The van der Waals surface area contributed by atoms with Gasteiger partial charge in [0.15, 0.2) is 6.04 Å². The number of nitrogens with one attached hydrogen (secondary N) is 1. The molecule has 0 aliphatic carbocycles. The van der Waals surface area contributed by atoms with E-state index in [1.807, 2.05) is 0 Å². The molecule has 0 aliphatic heterocycles. The van der Waals surface area contributed by atoms with E-state index in [0.29, 0.717) is 6.07 Å². The van der Waals surface area contributed by atoms with E-state index < -0.39 is 41.5 Å². The van der Waals surface area contributed by atoms with Crippen molar-refractivity contribution in [1.82, 2.24) is 5.32 Å². The first-order valence-corrected chi connectivity index (χ1v) is 7.56. The van der Waals surface area contributed by atoms with Crippen molar-refractivity contribution in [3.63, 3.8) is 0 Å². The molecule has 1 aromatic carbocycles. The number of amides is 1. The van der Waals surface area contributed by atoms with E-state index in [0.717, 1.165) is 12.1 Å². The van der Waals surface area contributed by atoms with Crippen molar-refractivity contribution in [1.29, 1.82) is 0 Å². The number of carbonyl (C=O) groups is 2. The Bertz CT molecular complexity index is 671. The third-order valence-electron chi connectivity index (χ3n) is 3.06. The molecule has 0 aromatic heterocycles. The van der Waals surface area contributed by atoms with Crippen LogP contribution in [-0.2, 0) is 15.7 Å². The Hall–Kier alpha value is -2.65. The lowest BCUT2D eigenvalue weighted by Gasteiger charge is -2.25. The van der Waals surface area contributed by atoms with Crippen molar-refractivity contribution in [3.05, 3.63) is 23.8 Å². The quantitative estimate of drug-likeness (QED) is 0.679. The van der Waals surface area contributed by atoms with Gasteiger partial charge in [-0.15, -0.1) is 0 Å². The van der Waals surface area contributed by atoms with E-state index >= 15 is 0 Å². The van der Waals surface area contributed by atoms with Crippen LogP contribution in [0, 0.1) is 0 Å². The molecular formula is C16H21F3N2O5. The fourth-order valence-electron chi connectivity index (χ4n) is 1.91. The Kier molecular flexibility index (Phi) is 6.34. The van der Waals surface area contributed by atoms with Crippen LogP contribution < -0.4 is 15.8 Å². The Balaban J connectivity index is 2.90. The van der Waals surface area contributed by atoms with Gasteiger partial charge in [-0.05, 0) is 45.9 Å². The molecule has 4 N–H and O–H groups in total. The molecule has 2 atom stereocenters. The number of carboxylic acids is 1. The second-order valence-electron chi connectivity index (χ2n) is 6.54. The third kappa shape index (κ3) is 6.34. The van der Waals surface area contributed by atoms with E-state index in [-0.39, 0.29) is 11.4 Å². The lowest BCUT2D eigenvalue weighted by atomic mass is 10.1. The summed E-state index contributed by atoms with van der Waals surface area (Å²) in [6.45, 7) is 6.13. The molecule has 1 aromatic rings. The summed E-state index contributed by atoms with van der Waals surface area (Å²) in [6.07, 6.45) is -6.68. The number of anilines is 1. The topological polar surface area (TPSA) is 111 Å². The highest BCUT2D eigenvalue weighted by molar-refractivity contribution is 5.80. The van der Waals surface area contributed by atoms with Crippen LogP contribution in [0.1, 0.15) is 33.3 Å². The van der Waals surface area contributed by atoms with Crippen molar-refractivity contribution in [2.24, 2.45) is 0 Å². The lowest BCUT2D eigenvalue weighted by molar-refractivity contribution is -0.141. The fourth-order valence-corrected chi connectivity index (χ4v) is 1.91. The molecule has 0 bridgehead atoms. The van der Waals surface area contributed by atoms with Crippen LogP contribution in [0.25, 0.3) is 0 Å². The number of ether oxygens (including phenoxy) is 2. The molecular weight excluding hydrogens is 357 g/mol. The van der Waals surface area contributed by atoms with Crippen molar-refractivity contribution in [3.8, 4) is 5.75 Å². The molecule has 146 valence electrons. The van der Waals surface area contributed by atoms with Gasteiger partial charge in [-0.2, -0.15) is 13.2 Å². The van der Waals surface area contributed by atoms with Gasteiger partial charge in [0, 0.05) is 0 Å². The number of benzene rings is 1. The maximum Gasteiger partial charge on any atom is 0.416 e. The molecule has 7 nitrogen and oxygen atoms in total. The van der Waals surface area contributed by atoms with Gasteiger partial charge >= 0.3 is 18.2 Å². The smallest absolute Gasteiger partial charge is 0.416 e. The minimum atomic E-state index is -4.57. The third-order valence-corrected chi connectivity index (χ3v) is 3.06. The molecule has 1 amide bonds. The molecule has 0 saturated heterocycles. The molecule has 0 fully saturated rings. The molecule has 0 radical (unpaired) electrons. The molecule has 10 heteroatoms. The average Bonchev–Trinajstić information content (AvgIpc) is 2.43. The van der Waals surface area contributed by atoms with Crippen LogP contribution in [0.4, 0.5) is 23.7 Å². The molecule has 0 aliphatic rings. The summed E-state index contributed by atoms with van der Waals surface area (Å²) in [5.41, 5.74) is 3.43.